The third-order valence-corrected chi connectivity index (χ3v) is 3.07. The van der Waals surface area contributed by atoms with Crippen molar-refractivity contribution in [2.45, 2.75) is 25.8 Å². The fourth-order valence-corrected chi connectivity index (χ4v) is 2.14. The van der Waals surface area contributed by atoms with Gasteiger partial charge in [-0.2, -0.15) is 0 Å². The van der Waals surface area contributed by atoms with E-state index in [4.69, 9.17) is 16.7 Å². The Hall–Kier alpha value is -1.06. The third kappa shape index (κ3) is 4.36. The molecule has 1 aromatic carbocycles. The molecule has 1 aromatic rings. The van der Waals surface area contributed by atoms with Crippen LogP contribution in [-0.2, 0) is 4.79 Å². The average molecular weight is 256 g/mol. The van der Waals surface area contributed by atoms with Gasteiger partial charge in [0.25, 0.3) is 0 Å². The summed E-state index contributed by atoms with van der Waals surface area (Å²) in [6.45, 7) is 2.63. The van der Waals surface area contributed by atoms with Gasteiger partial charge in [-0.15, -0.1) is 0 Å². The van der Waals surface area contributed by atoms with Crippen molar-refractivity contribution in [2.75, 3.05) is 13.6 Å². The first-order valence-electron chi connectivity index (χ1n) is 5.72. The second kappa shape index (κ2) is 6.62. The van der Waals surface area contributed by atoms with Crippen molar-refractivity contribution in [3.05, 3.63) is 34.9 Å². The van der Waals surface area contributed by atoms with E-state index in [1.54, 1.807) is 0 Å². The molecule has 17 heavy (non-hydrogen) atoms. The number of benzene rings is 1. The lowest BCUT2D eigenvalue weighted by Gasteiger charge is -2.27. The minimum Gasteiger partial charge on any atom is -0.481 e. The molecule has 0 saturated carbocycles. The Morgan fingerprint density at radius 3 is 2.76 bits per heavy atom. The van der Waals surface area contributed by atoms with Gasteiger partial charge in [0.1, 0.15) is 0 Å². The number of carbonyl (C=O) groups is 1. The van der Waals surface area contributed by atoms with E-state index in [0.29, 0.717) is 11.6 Å². The van der Waals surface area contributed by atoms with Crippen molar-refractivity contribution in [2.24, 2.45) is 0 Å². The third-order valence-electron chi connectivity index (χ3n) is 2.83. The van der Waals surface area contributed by atoms with Crippen molar-refractivity contribution >= 4 is 17.6 Å². The first-order valence-corrected chi connectivity index (χ1v) is 6.10. The summed E-state index contributed by atoms with van der Waals surface area (Å²) in [5.41, 5.74) is 1.13. The second-order valence-corrected chi connectivity index (χ2v) is 4.54. The zero-order valence-corrected chi connectivity index (χ0v) is 10.9. The van der Waals surface area contributed by atoms with Crippen LogP contribution in [-0.4, -0.2) is 29.6 Å². The predicted octanol–water partition coefficient (Wildman–Crippen LogP) is 3.20. The lowest BCUT2D eigenvalue weighted by molar-refractivity contribution is -0.137. The maximum absolute atomic E-state index is 10.6. The molecule has 0 aliphatic heterocycles. The van der Waals surface area contributed by atoms with Gasteiger partial charge in [-0.3, -0.25) is 9.69 Å². The number of hydrogen-bond acceptors (Lipinski definition) is 2. The Morgan fingerprint density at radius 1 is 1.53 bits per heavy atom. The normalized spacial score (nSPS) is 12.7. The molecule has 1 atom stereocenters. The van der Waals surface area contributed by atoms with Gasteiger partial charge < -0.3 is 5.11 Å². The number of halogens is 1. The maximum Gasteiger partial charge on any atom is 0.304 e. The van der Waals surface area contributed by atoms with Crippen LogP contribution in [0.2, 0.25) is 5.02 Å². The van der Waals surface area contributed by atoms with Crippen LogP contribution in [0.1, 0.15) is 31.4 Å². The van der Waals surface area contributed by atoms with Crippen LogP contribution in [0.25, 0.3) is 0 Å². The molecule has 1 rings (SSSR count). The molecular weight excluding hydrogens is 238 g/mol. The number of aliphatic carboxylic acids is 1. The van der Waals surface area contributed by atoms with Gasteiger partial charge in [0.2, 0.25) is 0 Å². The number of nitrogens with zero attached hydrogens (tertiary/aromatic N) is 1. The number of carboxylic acids is 1. The van der Waals surface area contributed by atoms with Crippen molar-refractivity contribution in [1.82, 2.24) is 4.90 Å². The molecule has 1 N–H and O–H groups in total. The lowest BCUT2D eigenvalue weighted by atomic mass is 10.0. The van der Waals surface area contributed by atoms with E-state index in [9.17, 15) is 4.79 Å². The maximum atomic E-state index is 10.6. The van der Waals surface area contributed by atoms with E-state index >= 15 is 0 Å². The van der Waals surface area contributed by atoms with Gasteiger partial charge in [-0.1, -0.05) is 30.7 Å². The van der Waals surface area contributed by atoms with Gasteiger partial charge in [0.05, 0.1) is 6.42 Å². The van der Waals surface area contributed by atoms with E-state index in [1.165, 1.54) is 0 Å². The molecule has 0 radical (unpaired) electrons. The van der Waals surface area contributed by atoms with Gasteiger partial charge in [0.15, 0.2) is 0 Å². The van der Waals surface area contributed by atoms with E-state index in [2.05, 4.69) is 11.8 Å². The van der Waals surface area contributed by atoms with Gasteiger partial charge >= 0.3 is 5.97 Å². The van der Waals surface area contributed by atoms with Crippen LogP contribution in [0.5, 0.6) is 0 Å². The molecular formula is C13H18ClNO2. The monoisotopic (exact) mass is 255 g/mol. The second-order valence-electron chi connectivity index (χ2n) is 4.10. The van der Waals surface area contributed by atoms with Crippen LogP contribution in [0, 0.1) is 0 Å². The molecule has 0 saturated heterocycles. The summed E-state index contributed by atoms with van der Waals surface area (Å²) in [5.74, 6) is -0.766. The molecule has 4 heteroatoms. The minimum absolute atomic E-state index is 0.160. The summed E-state index contributed by atoms with van der Waals surface area (Å²) < 4.78 is 0. The van der Waals surface area contributed by atoms with Crippen LogP contribution in [0.3, 0.4) is 0 Å². The summed E-state index contributed by atoms with van der Waals surface area (Å²) in [6, 6.07) is 7.94. The van der Waals surface area contributed by atoms with E-state index in [0.717, 1.165) is 12.0 Å². The summed E-state index contributed by atoms with van der Waals surface area (Å²) in [7, 11) is 1.94. The molecule has 0 bridgehead atoms. The Labute approximate surface area is 107 Å². The molecule has 3 nitrogen and oxygen atoms in total. The first-order chi connectivity index (χ1) is 8.04. The molecule has 0 aromatic heterocycles. The van der Waals surface area contributed by atoms with E-state index in [1.807, 2.05) is 31.3 Å². The highest BCUT2D eigenvalue weighted by atomic mass is 35.5. The predicted molar refractivity (Wildman–Crippen MR) is 69.4 cm³/mol. The van der Waals surface area contributed by atoms with Crippen LogP contribution >= 0.6 is 11.6 Å². The standard InChI is InChI=1S/C13H18ClNO2/c1-3-12(15(2)8-7-13(16)17)10-5-4-6-11(14)9-10/h4-6,9,12H,3,7-8H2,1-2H3,(H,16,17). The SMILES string of the molecule is CCC(c1cccc(Cl)c1)N(C)CCC(=O)O. The molecule has 0 heterocycles. The summed E-state index contributed by atoms with van der Waals surface area (Å²) in [6.07, 6.45) is 1.09. The first kappa shape index (κ1) is 14.0. The van der Waals surface area contributed by atoms with Crippen molar-refractivity contribution in [3.63, 3.8) is 0 Å². The fourth-order valence-electron chi connectivity index (χ4n) is 1.94. The topological polar surface area (TPSA) is 40.5 Å². The molecule has 0 spiro atoms. The molecule has 0 aliphatic rings. The smallest absolute Gasteiger partial charge is 0.304 e. The fraction of sp³-hybridized carbons (Fsp3) is 0.462. The highest BCUT2D eigenvalue weighted by Gasteiger charge is 2.15. The summed E-state index contributed by atoms with van der Waals surface area (Å²) >= 11 is 5.97. The van der Waals surface area contributed by atoms with Gasteiger partial charge in [-0.05, 0) is 31.2 Å². The Bertz CT molecular complexity index is 381. The van der Waals surface area contributed by atoms with Crippen molar-refractivity contribution < 1.29 is 9.90 Å². The molecule has 94 valence electrons. The van der Waals surface area contributed by atoms with E-state index < -0.39 is 5.97 Å². The molecule has 0 amide bonds. The van der Waals surface area contributed by atoms with Gasteiger partial charge in [0, 0.05) is 17.6 Å². The Balaban J connectivity index is 2.73. The summed E-state index contributed by atoms with van der Waals surface area (Å²) in [5, 5.41) is 9.40. The largest absolute Gasteiger partial charge is 0.481 e. The van der Waals surface area contributed by atoms with Crippen molar-refractivity contribution in [1.29, 1.82) is 0 Å². The highest BCUT2D eigenvalue weighted by Crippen LogP contribution is 2.25. The number of carboxylic acid groups (broad SMARTS) is 1. The van der Waals surface area contributed by atoms with Gasteiger partial charge in [-0.25, -0.2) is 0 Å². The molecule has 0 aliphatic carbocycles. The lowest BCUT2D eigenvalue weighted by Crippen LogP contribution is -2.26. The van der Waals surface area contributed by atoms with Crippen LogP contribution in [0.15, 0.2) is 24.3 Å². The minimum atomic E-state index is -0.766. The molecule has 0 fully saturated rings. The zero-order chi connectivity index (χ0) is 12.8. The van der Waals surface area contributed by atoms with Crippen LogP contribution in [0.4, 0.5) is 0 Å². The van der Waals surface area contributed by atoms with Crippen LogP contribution < -0.4 is 0 Å². The highest BCUT2D eigenvalue weighted by molar-refractivity contribution is 6.30. The Kier molecular flexibility index (Phi) is 5.45. The quantitative estimate of drug-likeness (QED) is 0.849. The Morgan fingerprint density at radius 2 is 2.24 bits per heavy atom. The van der Waals surface area contributed by atoms with E-state index in [-0.39, 0.29) is 12.5 Å². The average Bonchev–Trinajstić information content (AvgIpc) is 2.27. The summed E-state index contributed by atoms with van der Waals surface area (Å²) in [4.78, 5) is 12.6. The zero-order valence-electron chi connectivity index (χ0n) is 10.2. The molecule has 1 unspecified atom stereocenters. The number of rotatable bonds is 6. The number of hydrogen-bond donors (Lipinski definition) is 1. The van der Waals surface area contributed by atoms with Crippen molar-refractivity contribution in [3.8, 4) is 0 Å².